The molecule has 6 rings (SSSR count). The number of esters is 3. The second-order valence-electron chi connectivity index (χ2n) is 12.6. The smallest absolute Gasteiger partial charge is 0.442 e. The molecule has 266 valence electrons. The van der Waals surface area contributed by atoms with E-state index in [4.69, 9.17) is 14.2 Å². The van der Waals surface area contributed by atoms with Gasteiger partial charge < -0.3 is 14.2 Å². The largest absolute Gasteiger partial charge is 0.461 e. The summed E-state index contributed by atoms with van der Waals surface area (Å²) >= 11 is 0. The molecule has 0 saturated heterocycles. The third-order valence-corrected chi connectivity index (χ3v) is 8.46. The zero-order valence-corrected chi connectivity index (χ0v) is 26.7. The highest BCUT2D eigenvalue weighted by Gasteiger charge is 2.65. The molecule has 3 aromatic carbocycles. The van der Waals surface area contributed by atoms with E-state index in [0.29, 0.717) is 11.1 Å². The van der Waals surface area contributed by atoms with Gasteiger partial charge in [0.15, 0.2) is 0 Å². The number of hydrogen-bond donors (Lipinski definition) is 0. The molecule has 0 spiro atoms. The fourth-order valence-corrected chi connectivity index (χ4v) is 5.12. The van der Waals surface area contributed by atoms with Crippen LogP contribution in [0.5, 0.6) is 0 Å². The fourth-order valence-electron chi connectivity index (χ4n) is 5.12. The lowest BCUT2D eigenvalue weighted by Crippen LogP contribution is -2.43. The van der Waals surface area contributed by atoms with Crippen molar-refractivity contribution >= 4 is 17.9 Å². The Hall–Kier alpha value is -5.55. The second kappa shape index (κ2) is 12.3. The van der Waals surface area contributed by atoms with Crippen molar-refractivity contribution in [2.45, 2.75) is 49.6 Å². The number of carbonyl (C=O) groups is 3. The highest BCUT2D eigenvalue weighted by atomic mass is 19.4. The van der Waals surface area contributed by atoms with Gasteiger partial charge in [0.05, 0.1) is 28.5 Å². The van der Waals surface area contributed by atoms with E-state index >= 15 is 0 Å². The molecule has 3 aromatic rings. The molecule has 0 aromatic heterocycles. The minimum Gasteiger partial charge on any atom is -0.461 e. The molecule has 3 heterocycles. The van der Waals surface area contributed by atoms with Crippen molar-refractivity contribution in [2.75, 3.05) is 19.8 Å². The maximum absolute atomic E-state index is 14.1. The molecule has 0 aliphatic carbocycles. The Morgan fingerprint density at radius 1 is 0.529 bits per heavy atom. The van der Waals surface area contributed by atoms with Crippen molar-refractivity contribution in [1.29, 1.82) is 0 Å². The third kappa shape index (κ3) is 7.63. The van der Waals surface area contributed by atoms with Gasteiger partial charge in [-0.05, 0) is 50.2 Å². The van der Waals surface area contributed by atoms with E-state index in [-0.39, 0.29) is 22.3 Å². The number of ether oxygens (including phenoxy) is 3. The Kier molecular flexibility index (Phi) is 8.54. The Labute approximate surface area is 284 Å². The molecule has 0 bridgehead atoms. The van der Waals surface area contributed by atoms with Gasteiger partial charge in [0, 0.05) is 16.7 Å². The zero-order chi connectivity index (χ0) is 36.9. The first kappa shape index (κ1) is 35.3. The van der Waals surface area contributed by atoms with Crippen LogP contribution >= 0.6 is 0 Å². The molecule has 12 nitrogen and oxygen atoms in total. The number of carbonyl (C=O) groups excluding carboxylic acids is 3. The summed E-state index contributed by atoms with van der Waals surface area (Å²) in [6, 6.07) is 15.5. The Balaban J connectivity index is 1.20. The summed E-state index contributed by atoms with van der Waals surface area (Å²) in [5.74, 6) is -3.26. The van der Waals surface area contributed by atoms with E-state index in [0.717, 1.165) is 24.3 Å². The standard InChI is InChI=1S/C33H26F6N6O6/c1-28(40-41-28)22-9-3-19(4-10-22)25(46)49-16-30(15-31(34,35)36,17-50-26(47)20-5-11-23(12-6-20)29(2)42-43-29)18-51-27(48)21-7-13-24(14-8-21)32(44-45-32)33(37,38)39/h3-14H,15-18H2,1-2H3. The van der Waals surface area contributed by atoms with Crippen LogP contribution in [-0.2, 0) is 31.2 Å². The van der Waals surface area contributed by atoms with Crippen LogP contribution in [0, 0.1) is 5.41 Å². The van der Waals surface area contributed by atoms with Crippen LogP contribution in [0.3, 0.4) is 0 Å². The summed E-state index contributed by atoms with van der Waals surface area (Å²) in [5.41, 5.74) is -6.03. The molecule has 0 N–H and O–H groups in total. The number of benzene rings is 3. The summed E-state index contributed by atoms with van der Waals surface area (Å²) in [4.78, 5) is 38.9. The van der Waals surface area contributed by atoms with Crippen molar-refractivity contribution in [3.05, 3.63) is 106 Å². The molecule has 3 aliphatic rings. The van der Waals surface area contributed by atoms with Crippen LogP contribution in [-0.4, -0.2) is 50.1 Å². The Bertz CT molecular complexity index is 1840. The van der Waals surface area contributed by atoms with E-state index in [1.54, 1.807) is 38.1 Å². The quantitative estimate of drug-likeness (QED) is 0.0994. The van der Waals surface area contributed by atoms with E-state index in [9.17, 15) is 40.7 Å². The Morgan fingerprint density at radius 2 is 0.843 bits per heavy atom. The first-order chi connectivity index (χ1) is 23.9. The van der Waals surface area contributed by atoms with Crippen molar-refractivity contribution < 1.29 is 54.9 Å². The van der Waals surface area contributed by atoms with Crippen LogP contribution in [0.2, 0.25) is 0 Å². The van der Waals surface area contributed by atoms with Gasteiger partial charge in [-0.25, -0.2) is 14.4 Å². The van der Waals surface area contributed by atoms with Crippen LogP contribution in [0.4, 0.5) is 26.3 Å². The number of nitrogens with zero attached hydrogens (tertiary/aromatic N) is 6. The predicted octanol–water partition coefficient (Wildman–Crippen LogP) is 7.95. The lowest BCUT2D eigenvalue weighted by Gasteiger charge is -2.33. The number of hydrogen-bond acceptors (Lipinski definition) is 12. The summed E-state index contributed by atoms with van der Waals surface area (Å²) in [5, 5.41) is 21.7. The van der Waals surface area contributed by atoms with Gasteiger partial charge in [-0.15, -0.1) is 10.2 Å². The molecular formula is C33H26F6N6O6. The van der Waals surface area contributed by atoms with Gasteiger partial charge >= 0.3 is 35.9 Å². The van der Waals surface area contributed by atoms with E-state index in [2.05, 4.69) is 30.7 Å². The van der Waals surface area contributed by atoms with Crippen LogP contribution < -0.4 is 0 Å². The first-order valence-corrected chi connectivity index (χ1v) is 15.1. The van der Waals surface area contributed by atoms with Crippen LogP contribution in [0.15, 0.2) is 103 Å². The topological polar surface area (TPSA) is 153 Å². The summed E-state index contributed by atoms with van der Waals surface area (Å²) in [7, 11) is 0. The Morgan fingerprint density at radius 3 is 1.10 bits per heavy atom. The zero-order valence-electron chi connectivity index (χ0n) is 26.7. The summed E-state index contributed by atoms with van der Waals surface area (Å²) in [6.07, 6.45) is -11.5. The van der Waals surface area contributed by atoms with E-state index in [1.807, 2.05) is 0 Å². The van der Waals surface area contributed by atoms with Gasteiger partial charge in [0.25, 0.3) is 0 Å². The summed E-state index contributed by atoms with van der Waals surface area (Å²) in [6.45, 7) is 0.339. The van der Waals surface area contributed by atoms with Crippen LogP contribution in [0.1, 0.15) is 68.0 Å². The maximum atomic E-state index is 14.1. The highest BCUT2D eigenvalue weighted by Crippen LogP contribution is 2.52. The minimum absolute atomic E-state index is 0.0216. The van der Waals surface area contributed by atoms with Gasteiger partial charge in [0.2, 0.25) is 11.3 Å². The highest BCUT2D eigenvalue weighted by molar-refractivity contribution is 5.90. The monoisotopic (exact) mass is 716 g/mol. The lowest BCUT2D eigenvalue weighted by atomic mass is 9.86. The van der Waals surface area contributed by atoms with Crippen molar-refractivity contribution in [3.8, 4) is 0 Å². The third-order valence-electron chi connectivity index (χ3n) is 8.46. The molecule has 0 fully saturated rings. The van der Waals surface area contributed by atoms with Crippen molar-refractivity contribution in [1.82, 2.24) is 0 Å². The molecule has 0 unspecified atom stereocenters. The van der Waals surface area contributed by atoms with E-state index in [1.165, 1.54) is 24.3 Å². The molecule has 18 heteroatoms. The summed E-state index contributed by atoms with van der Waals surface area (Å²) < 4.78 is 98.3. The molecule has 0 saturated carbocycles. The SMILES string of the molecule is CC1(c2ccc(C(=O)OCC(COC(=O)c3ccc(C4(C)N=N4)cc3)(COC(=O)c3ccc(C4(C(F)(F)F)N=N4)cc3)CC(F)(F)F)cc2)N=N1. The molecular weight excluding hydrogens is 690 g/mol. The van der Waals surface area contributed by atoms with E-state index < -0.39 is 78.9 Å². The van der Waals surface area contributed by atoms with Gasteiger partial charge in [-0.2, -0.15) is 46.8 Å². The number of alkyl halides is 6. The van der Waals surface area contributed by atoms with Crippen LogP contribution in [0.25, 0.3) is 0 Å². The average molecular weight is 717 g/mol. The predicted molar refractivity (Wildman–Crippen MR) is 160 cm³/mol. The number of halogens is 6. The normalized spacial score (nSPS) is 17.4. The van der Waals surface area contributed by atoms with Gasteiger partial charge in [-0.3, -0.25) is 0 Å². The van der Waals surface area contributed by atoms with Crippen molar-refractivity contribution in [3.63, 3.8) is 0 Å². The molecule has 51 heavy (non-hydrogen) atoms. The van der Waals surface area contributed by atoms with Crippen molar-refractivity contribution in [2.24, 2.45) is 36.1 Å². The van der Waals surface area contributed by atoms with Gasteiger partial charge in [0.1, 0.15) is 19.8 Å². The molecule has 0 amide bonds. The second-order valence-corrected chi connectivity index (χ2v) is 12.6. The van der Waals surface area contributed by atoms with Gasteiger partial charge in [-0.1, -0.05) is 36.4 Å². The maximum Gasteiger partial charge on any atom is 0.442 e. The minimum atomic E-state index is -4.95. The fraction of sp³-hybridized carbons (Fsp3) is 0.364. The molecule has 0 radical (unpaired) electrons. The molecule has 3 aliphatic heterocycles. The first-order valence-electron chi connectivity index (χ1n) is 15.1. The average Bonchev–Trinajstić information content (AvgIpc) is 3.99. The molecule has 0 atom stereocenters. The number of rotatable bonds is 13. The lowest BCUT2D eigenvalue weighted by molar-refractivity contribution is -0.177.